The number of nitrogens with zero attached hydrogens (tertiary/aromatic N) is 4. The molecule has 0 saturated heterocycles. The monoisotopic (exact) mass is 882 g/mol. The molecule has 0 N–H and O–H groups in total. The summed E-state index contributed by atoms with van der Waals surface area (Å²) in [5.41, 5.74) is 12.2. The fourth-order valence-electron chi connectivity index (χ4n) is 10.6. The maximum atomic E-state index is 9.88. The van der Waals surface area contributed by atoms with Gasteiger partial charge in [0.1, 0.15) is 11.3 Å². The molecule has 13 aromatic rings. The van der Waals surface area contributed by atoms with E-state index in [1.54, 1.807) is 6.08 Å². The molecule has 6 nitrogen and oxygen atoms in total. The largest absolute Gasteiger partial charge is 0.454 e. The summed E-state index contributed by atoms with van der Waals surface area (Å²) >= 11 is 0. The van der Waals surface area contributed by atoms with Crippen LogP contribution in [0.25, 0.3) is 93.2 Å². The number of aryl methyl sites for hydroxylation is 1. The SMILES string of the molecule is C=Cc1oc2c(N(c3ccc(C#N)cc3)c3ccc4ccc5c(N(c6ccc(C#N)cc6)c6cccc7c6oc6ccc8ccccc8c67)ccc6ccc3c4c65)cccc2c1-c1ccccc1C. The van der Waals surface area contributed by atoms with Gasteiger partial charge in [0.15, 0.2) is 11.2 Å². The highest BCUT2D eigenvalue weighted by molar-refractivity contribution is 6.29. The van der Waals surface area contributed by atoms with Gasteiger partial charge in [-0.25, -0.2) is 0 Å². The molecule has 0 amide bonds. The first kappa shape index (κ1) is 39.7. The van der Waals surface area contributed by atoms with E-state index in [1.807, 2.05) is 48.5 Å². The van der Waals surface area contributed by atoms with Crippen LogP contribution < -0.4 is 9.80 Å². The Bertz CT molecular complexity index is 4320. The van der Waals surface area contributed by atoms with Gasteiger partial charge in [0.25, 0.3) is 0 Å². The smallest absolute Gasteiger partial charge is 0.159 e. The minimum absolute atomic E-state index is 0.576. The summed E-state index contributed by atoms with van der Waals surface area (Å²) in [6.45, 7) is 6.30. The Morgan fingerprint density at radius 1 is 0.435 bits per heavy atom. The number of hydrogen-bond donors (Lipinski definition) is 0. The van der Waals surface area contributed by atoms with Crippen LogP contribution in [-0.2, 0) is 0 Å². The molecule has 0 saturated carbocycles. The fourth-order valence-corrected chi connectivity index (χ4v) is 10.6. The normalized spacial score (nSPS) is 11.6. The lowest BCUT2D eigenvalue weighted by Crippen LogP contribution is -2.12. The zero-order valence-corrected chi connectivity index (χ0v) is 37.4. The molecule has 0 atom stereocenters. The molecule has 0 unspecified atom stereocenters. The van der Waals surface area contributed by atoms with Gasteiger partial charge < -0.3 is 18.6 Å². The molecular formula is C63H38N4O2. The Kier molecular flexibility index (Phi) is 8.92. The highest BCUT2D eigenvalue weighted by atomic mass is 16.3. The number of hydrogen-bond acceptors (Lipinski definition) is 6. The first-order chi connectivity index (χ1) is 34.0. The summed E-state index contributed by atoms with van der Waals surface area (Å²) in [4.78, 5) is 4.52. The van der Waals surface area contributed by atoms with E-state index in [2.05, 4.69) is 181 Å². The highest BCUT2D eigenvalue weighted by Gasteiger charge is 2.27. The third-order valence-electron chi connectivity index (χ3n) is 13.8. The molecule has 0 radical (unpaired) electrons. The van der Waals surface area contributed by atoms with E-state index in [-0.39, 0.29) is 0 Å². The molecule has 322 valence electrons. The van der Waals surface area contributed by atoms with Crippen LogP contribution in [0.3, 0.4) is 0 Å². The Labute approximate surface area is 396 Å². The average molecular weight is 883 g/mol. The fraction of sp³-hybridized carbons (Fsp3) is 0.0159. The Balaban J connectivity index is 1.07. The average Bonchev–Trinajstić information content (AvgIpc) is 3.99. The minimum atomic E-state index is 0.576. The number of nitriles is 2. The van der Waals surface area contributed by atoms with E-state index in [1.165, 1.54) is 0 Å². The summed E-state index contributed by atoms with van der Waals surface area (Å²) in [5.74, 6) is 0.702. The van der Waals surface area contributed by atoms with Gasteiger partial charge >= 0.3 is 0 Å². The minimum Gasteiger partial charge on any atom is -0.454 e. The van der Waals surface area contributed by atoms with Crippen molar-refractivity contribution < 1.29 is 8.83 Å². The first-order valence-electron chi connectivity index (χ1n) is 22.9. The van der Waals surface area contributed by atoms with E-state index in [0.29, 0.717) is 16.9 Å². The quantitative estimate of drug-likeness (QED) is 0.141. The molecule has 0 aliphatic carbocycles. The van der Waals surface area contributed by atoms with Crippen LogP contribution in [0, 0.1) is 29.6 Å². The van der Waals surface area contributed by atoms with Gasteiger partial charge in [0, 0.05) is 43.9 Å². The van der Waals surface area contributed by atoms with Gasteiger partial charge in [-0.15, -0.1) is 0 Å². The molecule has 2 heterocycles. The molecule has 0 aliphatic heterocycles. The van der Waals surface area contributed by atoms with Gasteiger partial charge in [-0.05, 0) is 135 Å². The molecule has 11 aromatic carbocycles. The predicted molar refractivity (Wildman–Crippen MR) is 284 cm³/mol. The van der Waals surface area contributed by atoms with Crippen LogP contribution in [0.15, 0.2) is 210 Å². The number of rotatable bonds is 8. The number of para-hydroxylation sites is 2. The van der Waals surface area contributed by atoms with Crippen molar-refractivity contribution in [2.45, 2.75) is 6.92 Å². The zero-order chi connectivity index (χ0) is 46.3. The van der Waals surface area contributed by atoms with Gasteiger partial charge in [-0.3, -0.25) is 0 Å². The standard InChI is InChI=1S/C63H38N4O2/c1-3-56-60(46-12-6-4-10-38(46)2)50-14-8-16-54(62(50)68-56)66(44-27-18-39(36-64)19-28-44)52-33-24-42-23-32-49-53(34-25-43-22-31-48(52)58(42)59(43)49)67(45-29-20-40(37-65)21-30-45)55-17-9-15-51-61-47-13-7-5-11-41(47)26-35-57(61)69-63(51)55/h3-35H,1H2,2H3. The third kappa shape index (κ3) is 6.03. The summed E-state index contributed by atoms with van der Waals surface area (Å²) in [6, 6.07) is 71.4. The third-order valence-corrected chi connectivity index (χ3v) is 13.8. The molecule has 0 spiro atoms. The topological polar surface area (TPSA) is 80.3 Å². The number of anilines is 6. The molecular weight excluding hydrogens is 845 g/mol. The first-order valence-corrected chi connectivity index (χ1v) is 22.9. The van der Waals surface area contributed by atoms with Gasteiger partial charge in [0.2, 0.25) is 0 Å². The van der Waals surface area contributed by atoms with E-state index in [9.17, 15) is 10.5 Å². The van der Waals surface area contributed by atoms with E-state index in [0.717, 1.165) is 127 Å². The highest BCUT2D eigenvalue weighted by Crippen LogP contribution is 2.51. The number of fused-ring (bicyclic) bond motifs is 6. The van der Waals surface area contributed by atoms with Gasteiger partial charge in [-0.2, -0.15) is 10.5 Å². The van der Waals surface area contributed by atoms with Crippen LogP contribution in [-0.4, -0.2) is 0 Å². The van der Waals surface area contributed by atoms with Crippen molar-refractivity contribution in [3.63, 3.8) is 0 Å². The van der Waals surface area contributed by atoms with Crippen LogP contribution in [0.2, 0.25) is 0 Å². The lowest BCUT2D eigenvalue weighted by Gasteiger charge is -2.29. The van der Waals surface area contributed by atoms with Crippen LogP contribution >= 0.6 is 0 Å². The van der Waals surface area contributed by atoms with E-state index < -0.39 is 0 Å². The van der Waals surface area contributed by atoms with Crippen molar-refractivity contribution in [1.29, 1.82) is 10.5 Å². The molecule has 0 bridgehead atoms. The molecule has 13 rings (SSSR count). The maximum absolute atomic E-state index is 9.88. The van der Waals surface area contributed by atoms with Gasteiger partial charge in [-0.1, -0.05) is 122 Å². The summed E-state index contributed by atoms with van der Waals surface area (Å²) in [7, 11) is 0. The molecule has 0 fully saturated rings. The lowest BCUT2D eigenvalue weighted by atomic mass is 9.91. The second-order valence-corrected chi connectivity index (χ2v) is 17.5. The Hall–Kier alpha value is -9.62. The second-order valence-electron chi connectivity index (χ2n) is 17.5. The Morgan fingerprint density at radius 3 is 1.55 bits per heavy atom. The van der Waals surface area contributed by atoms with Crippen molar-refractivity contribution >= 4 is 116 Å². The van der Waals surface area contributed by atoms with Crippen molar-refractivity contribution in [3.05, 3.63) is 223 Å². The Morgan fingerprint density at radius 2 is 0.957 bits per heavy atom. The molecule has 69 heavy (non-hydrogen) atoms. The zero-order valence-electron chi connectivity index (χ0n) is 37.4. The lowest BCUT2D eigenvalue weighted by molar-refractivity contribution is 0.606. The van der Waals surface area contributed by atoms with Crippen molar-refractivity contribution in [1.82, 2.24) is 0 Å². The summed E-state index contributed by atoms with van der Waals surface area (Å²) < 4.78 is 13.7. The number of benzene rings is 11. The molecule has 6 heteroatoms. The van der Waals surface area contributed by atoms with Crippen LogP contribution in [0.4, 0.5) is 34.1 Å². The van der Waals surface area contributed by atoms with Crippen LogP contribution in [0.1, 0.15) is 22.5 Å². The molecule has 2 aromatic heterocycles. The van der Waals surface area contributed by atoms with Crippen molar-refractivity contribution in [2.24, 2.45) is 0 Å². The van der Waals surface area contributed by atoms with E-state index in [4.69, 9.17) is 8.83 Å². The van der Waals surface area contributed by atoms with Crippen molar-refractivity contribution in [2.75, 3.05) is 9.80 Å². The number of furan rings is 2. The van der Waals surface area contributed by atoms with E-state index >= 15 is 0 Å². The second kappa shape index (κ2) is 15.5. The molecule has 0 aliphatic rings. The summed E-state index contributed by atoms with van der Waals surface area (Å²) in [6.07, 6.45) is 1.79. The van der Waals surface area contributed by atoms with Crippen LogP contribution in [0.5, 0.6) is 0 Å². The van der Waals surface area contributed by atoms with Crippen molar-refractivity contribution in [3.8, 4) is 23.3 Å². The van der Waals surface area contributed by atoms with Gasteiger partial charge in [0.05, 0.1) is 46.0 Å². The maximum Gasteiger partial charge on any atom is 0.159 e. The summed E-state index contributed by atoms with van der Waals surface area (Å²) in [5, 5.41) is 31.7. The predicted octanol–water partition coefficient (Wildman–Crippen LogP) is 17.7.